The minimum atomic E-state index is -2.55. The molecule has 0 unspecified atom stereocenters. The van der Waals surface area contributed by atoms with E-state index >= 15 is 0 Å². The van der Waals surface area contributed by atoms with Gasteiger partial charge in [0.15, 0.2) is 0 Å². The lowest BCUT2D eigenvalue weighted by Gasteiger charge is -2.22. The van der Waals surface area contributed by atoms with Crippen LogP contribution in [0, 0.1) is 0 Å². The number of rotatable bonds is 4. The van der Waals surface area contributed by atoms with Crippen molar-refractivity contribution in [3.63, 3.8) is 0 Å². The molecule has 1 aromatic carbocycles. The molecule has 1 aliphatic rings. The van der Waals surface area contributed by atoms with Gasteiger partial charge in [-0.05, 0) is 31.0 Å². The Hall–Kier alpha value is -1.07. The van der Waals surface area contributed by atoms with Gasteiger partial charge in [-0.15, -0.1) is 0 Å². The Balaban J connectivity index is 2.07. The Labute approximate surface area is 119 Å². The lowest BCUT2D eigenvalue weighted by molar-refractivity contribution is 0.0994. The molecule has 2 amide bonds. The van der Waals surface area contributed by atoms with Crippen molar-refractivity contribution in [1.29, 1.82) is 0 Å². The van der Waals surface area contributed by atoms with Crippen molar-refractivity contribution in [2.75, 3.05) is 11.9 Å². The molecule has 1 aliphatic carbocycles. The molecule has 0 radical (unpaired) electrons. The summed E-state index contributed by atoms with van der Waals surface area (Å²) in [7, 11) is 0. The van der Waals surface area contributed by atoms with Gasteiger partial charge in [-0.25, -0.2) is 13.6 Å². The molecule has 1 N–H and O–H groups in total. The van der Waals surface area contributed by atoms with Gasteiger partial charge in [0.25, 0.3) is 6.43 Å². The molecule has 19 heavy (non-hydrogen) atoms. The Morgan fingerprint density at radius 2 is 2.11 bits per heavy atom. The molecule has 0 aromatic heterocycles. The first-order valence-corrected chi connectivity index (χ1v) is 6.54. The fourth-order valence-electron chi connectivity index (χ4n) is 1.71. The zero-order valence-electron chi connectivity index (χ0n) is 9.88. The SMILES string of the molecule is O=C(Nc1cc(Cl)ccc1Cl)N(CC(F)F)C1CC1. The van der Waals surface area contributed by atoms with Crippen LogP contribution in [0.25, 0.3) is 0 Å². The van der Waals surface area contributed by atoms with Crippen LogP contribution >= 0.6 is 23.2 Å². The van der Waals surface area contributed by atoms with E-state index in [1.807, 2.05) is 0 Å². The van der Waals surface area contributed by atoms with E-state index < -0.39 is 19.0 Å². The zero-order valence-corrected chi connectivity index (χ0v) is 11.4. The normalized spacial score (nSPS) is 14.6. The number of hydrogen-bond donors (Lipinski definition) is 1. The maximum absolute atomic E-state index is 12.4. The maximum Gasteiger partial charge on any atom is 0.322 e. The third kappa shape index (κ3) is 3.94. The third-order valence-electron chi connectivity index (χ3n) is 2.75. The molecule has 3 nitrogen and oxygen atoms in total. The fraction of sp³-hybridized carbons (Fsp3) is 0.417. The summed E-state index contributed by atoms with van der Waals surface area (Å²) in [6.07, 6.45) is -1.05. The molecule has 1 aromatic rings. The Bertz CT molecular complexity index is 481. The lowest BCUT2D eigenvalue weighted by atomic mass is 10.3. The summed E-state index contributed by atoms with van der Waals surface area (Å²) >= 11 is 11.7. The quantitative estimate of drug-likeness (QED) is 0.886. The first-order chi connectivity index (χ1) is 8.97. The van der Waals surface area contributed by atoms with Crippen LogP contribution in [0.2, 0.25) is 10.0 Å². The molecular weight excluding hydrogens is 297 g/mol. The van der Waals surface area contributed by atoms with E-state index in [4.69, 9.17) is 23.2 Å². The van der Waals surface area contributed by atoms with Crippen molar-refractivity contribution in [2.45, 2.75) is 25.3 Å². The number of benzene rings is 1. The van der Waals surface area contributed by atoms with Crippen LogP contribution in [-0.2, 0) is 0 Å². The molecule has 0 bridgehead atoms. The number of nitrogens with one attached hydrogen (secondary N) is 1. The number of halogens is 4. The molecule has 7 heteroatoms. The van der Waals surface area contributed by atoms with Crippen LogP contribution < -0.4 is 5.32 Å². The average Bonchev–Trinajstić information content (AvgIpc) is 3.14. The monoisotopic (exact) mass is 308 g/mol. The first-order valence-electron chi connectivity index (χ1n) is 5.78. The van der Waals surface area contributed by atoms with E-state index in [2.05, 4.69) is 5.32 Å². The van der Waals surface area contributed by atoms with Crippen molar-refractivity contribution >= 4 is 34.9 Å². The van der Waals surface area contributed by atoms with E-state index in [1.165, 1.54) is 12.1 Å². The summed E-state index contributed by atoms with van der Waals surface area (Å²) in [5.41, 5.74) is 0.319. The summed E-state index contributed by atoms with van der Waals surface area (Å²) in [6, 6.07) is 3.92. The van der Waals surface area contributed by atoms with Gasteiger partial charge in [0.2, 0.25) is 0 Å². The number of carbonyl (C=O) groups excluding carboxylic acids is 1. The van der Waals surface area contributed by atoms with Crippen molar-refractivity contribution in [3.8, 4) is 0 Å². The molecule has 0 saturated heterocycles. The third-order valence-corrected chi connectivity index (χ3v) is 3.32. The fourth-order valence-corrected chi connectivity index (χ4v) is 2.05. The largest absolute Gasteiger partial charge is 0.322 e. The minimum Gasteiger partial charge on any atom is -0.316 e. The summed E-state index contributed by atoms with van der Waals surface area (Å²) in [5.74, 6) is 0. The van der Waals surface area contributed by atoms with Crippen LogP contribution in [0.15, 0.2) is 18.2 Å². The highest BCUT2D eigenvalue weighted by Gasteiger charge is 2.34. The van der Waals surface area contributed by atoms with Crippen molar-refractivity contribution in [3.05, 3.63) is 28.2 Å². The molecule has 1 fully saturated rings. The van der Waals surface area contributed by atoms with Crippen LogP contribution in [-0.4, -0.2) is 29.9 Å². The zero-order chi connectivity index (χ0) is 14.0. The second kappa shape index (κ2) is 5.92. The minimum absolute atomic E-state index is 0.105. The predicted octanol–water partition coefficient (Wildman–Crippen LogP) is 4.25. The summed E-state index contributed by atoms with van der Waals surface area (Å²) in [6.45, 7) is -0.575. The van der Waals surface area contributed by atoms with Crippen LogP contribution in [0.1, 0.15) is 12.8 Å². The van der Waals surface area contributed by atoms with Gasteiger partial charge in [-0.3, -0.25) is 0 Å². The molecular formula is C12H12Cl2F2N2O. The second-order valence-electron chi connectivity index (χ2n) is 4.33. The van der Waals surface area contributed by atoms with Crippen LogP contribution in [0.4, 0.5) is 19.3 Å². The van der Waals surface area contributed by atoms with E-state index in [-0.39, 0.29) is 6.04 Å². The van der Waals surface area contributed by atoms with Gasteiger partial charge >= 0.3 is 6.03 Å². The molecule has 2 rings (SSSR count). The number of alkyl halides is 2. The molecule has 0 atom stereocenters. The van der Waals surface area contributed by atoms with Gasteiger partial charge in [-0.2, -0.15) is 0 Å². The predicted molar refractivity (Wildman–Crippen MR) is 71.2 cm³/mol. The summed E-state index contributed by atoms with van der Waals surface area (Å²) in [4.78, 5) is 13.1. The van der Waals surface area contributed by atoms with Gasteiger partial charge in [-0.1, -0.05) is 23.2 Å². The molecule has 1 saturated carbocycles. The van der Waals surface area contributed by atoms with Crippen LogP contribution in [0.3, 0.4) is 0 Å². The smallest absolute Gasteiger partial charge is 0.316 e. The van der Waals surface area contributed by atoms with Crippen molar-refractivity contribution in [1.82, 2.24) is 4.90 Å². The lowest BCUT2D eigenvalue weighted by Crippen LogP contribution is -2.40. The number of urea groups is 1. The number of amides is 2. The first kappa shape index (κ1) is 14.3. The van der Waals surface area contributed by atoms with Gasteiger partial charge in [0.05, 0.1) is 17.3 Å². The number of hydrogen-bond acceptors (Lipinski definition) is 1. The molecule has 0 spiro atoms. The molecule has 104 valence electrons. The number of nitrogens with zero attached hydrogens (tertiary/aromatic N) is 1. The standard InChI is InChI=1S/C12H12Cl2F2N2O/c13-7-1-4-9(14)10(5-7)17-12(19)18(6-11(15)16)8-2-3-8/h1,4-5,8,11H,2-3,6H2,(H,17,19). The molecule has 0 heterocycles. The van der Waals surface area contributed by atoms with Gasteiger partial charge in [0.1, 0.15) is 0 Å². The highest BCUT2D eigenvalue weighted by atomic mass is 35.5. The summed E-state index contributed by atoms with van der Waals surface area (Å²) < 4.78 is 24.9. The van der Waals surface area contributed by atoms with E-state index in [0.717, 1.165) is 17.7 Å². The van der Waals surface area contributed by atoms with Gasteiger partial charge < -0.3 is 10.2 Å². The Kier molecular flexibility index (Phi) is 4.47. The van der Waals surface area contributed by atoms with E-state index in [1.54, 1.807) is 6.07 Å². The van der Waals surface area contributed by atoms with Crippen LogP contribution in [0.5, 0.6) is 0 Å². The maximum atomic E-state index is 12.4. The number of carbonyl (C=O) groups is 1. The molecule has 0 aliphatic heterocycles. The highest BCUT2D eigenvalue weighted by Crippen LogP contribution is 2.30. The van der Waals surface area contributed by atoms with Crippen molar-refractivity contribution in [2.24, 2.45) is 0 Å². The Morgan fingerprint density at radius 3 is 2.68 bits per heavy atom. The topological polar surface area (TPSA) is 32.3 Å². The Morgan fingerprint density at radius 1 is 1.42 bits per heavy atom. The van der Waals surface area contributed by atoms with E-state index in [9.17, 15) is 13.6 Å². The van der Waals surface area contributed by atoms with Crippen molar-refractivity contribution < 1.29 is 13.6 Å². The number of anilines is 1. The second-order valence-corrected chi connectivity index (χ2v) is 5.17. The van der Waals surface area contributed by atoms with Gasteiger partial charge in [0, 0.05) is 11.1 Å². The van der Waals surface area contributed by atoms with E-state index in [0.29, 0.717) is 15.7 Å². The summed E-state index contributed by atoms with van der Waals surface area (Å²) in [5, 5.41) is 3.23. The average molecular weight is 309 g/mol. The highest BCUT2D eigenvalue weighted by molar-refractivity contribution is 6.35.